The van der Waals surface area contributed by atoms with E-state index in [0.717, 1.165) is 10.5 Å². The first-order chi connectivity index (χ1) is 10.6. The molecule has 1 aliphatic rings. The summed E-state index contributed by atoms with van der Waals surface area (Å²) in [5.41, 5.74) is 0.797. The summed E-state index contributed by atoms with van der Waals surface area (Å²) in [4.78, 5) is 35.9. The first-order valence-corrected chi connectivity index (χ1v) is 6.98. The van der Waals surface area contributed by atoms with Crippen molar-refractivity contribution in [3.63, 3.8) is 0 Å². The lowest BCUT2D eigenvalue weighted by atomic mass is 10.2. The zero-order valence-electron chi connectivity index (χ0n) is 12.2. The topological polar surface area (TPSA) is 82.1 Å². The van der Waals surface area contributed by atoms with Gasteiger partial charge in [-0.15, -0.1) is 0 Å². The van der Waals surface area contributed by atoms with Crippen LogP contribution in [0.2, 0.25) is 0 Å². The van der Waals surface area contributed by atoms with E-state index in [1.807, 2.05) is 18.2 Å². The molecule has 1 aromatic carbocycles. The average molecular weight is 307 g/mol. The Balaban J connectivity index is 1.93. The number of benzene rings is 1. The summed E-state index contributed by atoms with van der Waals surface area (Å²) in [6.07, 6.45) is -2.37. The Hall–Kier alpha value is -2.57. The number of nitrogens with zero attached hydrogens (tertiary/aromatic N) is 1. The van der Waals surface area contributed by atoms with Crippen LogP contribution < -0.4 is 0 Å². The lowest BCUT2D eigenvalue weighted by Gasteiger charge is -2.21. The minimum Gasteiger partial charge on any atom is -0.444 e. The summed E-state index contributed by atoms with van der Waals surface area (Å²) in [6.45, 7) is 1.82. The number of amides is 2. The molecule has 0 bridgehead atoms. The van der Waals surface area contributed by atoms with Crippen LogP contribution in [0.25, 0.3) is 0 Å². The second-order valence-electron chi connectivity index (χ2n) is 4.60. The number of rotatable bonds is 4. The minimum atomic E-state index is -0.977. The van der Waals surface area contributed by atoms with Gasteiger partial charge in [0.15, 0.2) is 6.23 Å². The number of ether oxygens (including phenoxy) is 3. The van der Waals surface area contributed by atoms with E-state index in [1.165, 1.54) is 0 Å². The summed E-state index contributed by atoms with van der Waals surface area (Å²) in [6, 6.07) is 9.07. The fourth-order valence-corrected chi connectivity index (χ4v) is 2.04. The number of hydrogen-bond acceptors (Lipinski definition) is 6. The first kappa shape index (κ1) is 15.8. The molecule has 2 amide bonds. The van der Waals surface area contributed by atoms with Gasteiger partial charge in [0.25, 0.3) is 0 Å². The molecule has 0 aromatic heterocycles. The maximum absolute atomic E-state index is 12.0. The van der Waals surface area contributed by atoms with Crippen LogP contribution >= 0.6 is 0 Å². The molecule has 1 heterocycles. The highest BCUT2D eigenvalue weighted by Crippen LogP contribution is 2.21. The number of likely N-dealkylation sites (tertiary alicyclic amines) is 1. The quantitative estimate of drug-likeness (QED) is 0.795. The predicted octanol–water partition coefficient (Wildman–Crippen LogP) is 2.44. The third kappa shape index (κ3) is 3.97. The summed E-state index contributed by atoms with van der Waals surface area (Å²) in [7, 11) is 0. The SMILES string of the molecule is CCOC(=O)O[C@@H]1CCC(=O)N1C(=O)OCc1ccccc1. The van der Waals surface area contributed by atoms with Gasteiger partial charge in [-0.3, -0.25) is 4.79 Å². The van der Waals surface area contributed by atoms with Crippen molar-refractivity contribution in [1.82, 2.24) is 4.90 Å². The number of carbonyl (C=O) groups excluding carboxylic acids is 3. The van der Waals surface area contributed by atoms with Crippen LogP contribution in [0.15, 0.2) is 30.3 Å². The summed E-state index contributed by atoms with van der Waals surface area (Å²) >= 11 is 0. The van der Waals surface area contributed by atoms with Crippen molar-refractivity contribution in [3.8, 4) is 0 Å². The highest BCUT2D eigenvalue weighted by atomic mass is 16.7. The molecule has 7 heteroatoms. The molecule has 0 unspecified atom stereocenters. The molecule has 7 nitrogen and oxygen atoms in total. The van der Waals surface area contributed by atoms with E-state index in [9.17, 15) is 14.4 Å². The Morgan fingerprint density at radius 3 is 2.64 bits per heavy atom. The molecule has 0 spiro atoms. The van der Waals surface area contributed by atoms with Crippen LogP contribution in [0.4, 0.5) is 9.59 Å². The molecule has 0 aliphatic carbocycles. The van der Waals surface area contributed by atoms with Gasteiger partial charge in [0, 0.05) is 12.8 Å². The van der Waals surface area contributed by atoms with Crippen molar-refractivity contribution in [2.45, 2.75) is 32.6 Å². The molecular weight excluding hydrogens is 290 g/mol. The molecule has 2 rings (SSSR count). The van der Waals surface area contributed by atoms with Crippen LogP contribution in [0, 0.1) is 0 Å². The Bertz CT molecular complexity index is 544. The van der Waals surface area contributed by atoms with Gasteiger partial charge in [0.2, 0.25) is 5.91 Å². The van der Waals surface area contributed by atoms with Crippen molar-refractivity contribution >= 4 is 18.2 Å². The molecule has 0 saturated carbocycles. The smallest absolute Gasteiger partial charge is 0.444 e. The maximum atomic E-state index is 12.0. The Kier molecular flexibility index (Phi) is 5.35. The molecule has 22 heavy (non-hydrogen) atoms. The second-order valence-corrected chi connectivity index (χ2v) is 4.60. The van der Waals surface area contributed by atoms with E-state index >= 15 is 0 Å². The van der Waals surface area contributed by atoms with Gasteiger partial charge in [0.1, 0.15) is 6.61 Å². The molecule has 1 fully saturated rings. The van der Waals surface area contributed by atoms with Gasteiger partial charge in [-0.25, -0.2) is 14.5 Å². The standard InChI is InChI=1S/C15H17NO6/c1-2-20-15(19)22-13-9-8-12(17)16(13)14(18)21-10-11-6-4-3-5-7-11/h3-7,13H,2,8-10H2,1H3/t13-/m1/s1. The Morgan fingerprint density at radius 1 is 1.23 bits per heavy atom. The van der Waals surface area contributed by atoms with E-state index in [-0.39, 0.29) is 26.1 Å². The highest BCUT2D eigenvalue weighted by Gasteiger charge is 2.40. The van der Waals surface area contributed by atoms with Gasteiger partial charge >= 0.3 is 12.2 Å². The third-order valence-corrected chi connectivity index (χ3v) is 3.06. The lowest BCUT2D eigenvalue weighted by Crippen LogP contribution is -2.41. The zero-order valence-corrected chi connectivity index (χ0v) is 12.2. The molecule has 1 saturated heterocycles. The molecule has 0 radical (unpaired) electrons. The van der Waals surface area contributed by atoms with E-state index < -0.39 is 24.4 Å². The molecule has 1 aromatic rings. The average Bonchev–Trinajstić information content (AvgIpc) is 2.87. The van der Waals surface area contributed by atoms with Crippen LogP contribution in [0.3, 0.4) is 0 Å². The monoisotopic (exact) mass is 307 g/mol. The molecule has 0 N–H and O–H groups in total. The van der Waals surface area contributed by atoms with Gasteiger partial charge in [0.05, 0.1) is 6.61 Å². The normalized spacial score (nSPS) is 17.2. The van der Waals surface area contributed by atoms with Gasteiger partial charge in [-0.1, -0.05) is 30.3 Å². The Morgan fingerprint density at radius 2 is 1.95 bits per heavy atom. The predicted molar refractivity (Wildman–Crippen MR) is 74.6 cm³/mol. The zero-order chi connectivity index (χ0) is 15.9. The van der Waals surface area contributed by atoms with E-state index in [1.54, 1.807) is 19.1 Å². The van der Waals surface area contributed by atoms with Gasteiger partial charge in [-0.2, -0.15) is 0 Å². The molecule has 1 atom stereocenters. The summed E-state index contributed by atoms with van der Waals surface area (Å²) in [5.74, 6) is -0.438. The second kappa shape index (κ2) is 7.44. The van der Waals surface area contributed by atoms with Gasteiger partial charge in [-0.05, 0) is 12.5 Å². The van der Waals surface area contributed by atoms with Crippen molar-refractivity contribution in [2.24, 2.45) is 0 Å². The van der Waals surface area contributed by atoms with Crippen molar-refractivity contribution in [3.05, 3.63) is 35.9 Å². The maximum Gasteiger partial charge on any atom is 0.510 e. The number of hydrogen-bond donors (Lipinski definition) is 0. The van der Waals surface area contributed by atoms with Crippen LogP contribution in [0.1, 0.15) is 25.3 Å². The molecule has 118 valence electrons. The minimum absolute atomic E-state index is 0.0373. The van der Waals surface area contributed by atoms with Crippen LogP contribution in [0.5, 0.6) is 0 Å². The van der Waals surface area contributed by atoms with Crippen molar-refractivity contribution < 1.29 is 28.6 Å². The fourth-order valence-electron chi connectivity index (χ4n) is 2.04. The third-order valence-electron chi connectivity index (χ3n) is 3.06. The van der Waals surface area contributed by atoms with Gasteiger partial charge < -0.3 is 14.2 Å². The number of carbonyl (C=O) groups is 3. The number of imide groups is 1. The van der Waals surface area contributed by atoms with E-state index in [0.29, 0.717) is 0 Å². The fraction of sp³-hybridized carbons (Fsp3) is 0.400. The molecular formula is C15H17NO6. The van der Waals surface area contributed by atoms with E-state index in [2.05, 4.69) is 4.74 Å². The Labute approximate surface area is 127 Å². The highest BCUT2D eigenvalue weighted by molar-refractivity contribution is 5.94. The van der Waals surface area contributed by atoms with Crippen molar-refractivity contribution in [1.29, 1.82) is 0 Å². The largest absolute Gasteiger partial charge is 0.510 e. The lowest BCUT2D eigenvalue weighted by molar-refractivity contribution is -0.131. The summed E-state index contributed by atoms with van der Waals surface area (Å²) < 4.78 is 14.7. The van der Waals surface area contributed by atoms with Crippen LogP contribution in [-0.2, 0) is 25.6 Å². The van der Waals surface area contributed by atoms with E-state index in [4.69, 9.17) is 9.47 Å². The van der Waals surface area contributed by atoms with Crippen LogP contribution in [-0.4, -0.2) is 35.9 Å². The molecule has 1 aliphatic heterocycles. The summed E-state index contributed by atoms with van der Waals surface area (Å²) in [5, 5.41) is 0. The van der Waals surface area contributed by atoms with Crippen molar-refractivity contribution in [2.75, 3.05) is 6.61 Å². The first-order valence-electron chi connectivity index (χ1n) is 6.98.